The molecule has 4 aromatic rings. The van der Waals surface area contributed by atoms with E-state index in [-0.39, 0.29) is 0 Å². The molecule has 0 spiro atoms. The van der Waals surface area contributed by atoms with Crippen molar-refractivity contribution in [2.24, 2.45) is 0 Å². The van der Waals surface area contributed by atoms with Gasteiger partial charge in [0.2, 0.25) is 0 Å². The van der Waals surface area contributed by atoms with Crippen molar-refractivity contribution in [1.82, 2.24) is 4.98 Å². The van der Waals surface area contributed by atoms with E-state index in [1.807, 2.05) is 30.3 Å². The average Bonchev–Trinajstić information content (AvgIpc) is 2.76. The third-order valence-electron chi connectivity index (χ3n) is 5.12. The summed E-state index contributed by atoms with van der Waals surface area (Å²) < 4.78 is 0. The van der Waals surface area contributed by atoms with E-state index < -0.39 is 5.96 Å². The number of aromatic nitrogens is 1. The van der Waals surface area contributed by atoms with E-state index in [0.717, 1.165) is 21.6 Å². The van der Waals surface area contributed by atoms with Crippen LogP contribution in [0.1, 0.15) is 5.69 Å². The number of halogens is 2. The van der Waals surface area contributed by atoms with Crippen LogP contribution in [0.5, 0.6) is 0 Å². The minimum absolute atomic E-state index is 0.480. The first-order chi connectivity index (χ1) is 13.6. The molecule has 140 valence electrons. The normalized spacial score (nSPS) is 12.9. The van der Waals surface area contributed by atoms with Crippen molar-refractivity contribution in [2.45, 2.75) is 6.16 Å². The molecule has 0 aliphatic carbocycles. The summed E-state index contributed by atoms with van der Waals surface area (Å²) >= 11 is 14.2. The van der Waals surface area contributed by atoms with Gasteiger partial charge in [-0.2, -0.15) is 0 Å². The summed E-state index contributed by atoms with van der Waals surface area (Å²) in [7, 11) is 0. The molecule has 0 N–H and O–H groups in total. The van der Waals surface area contributed by atoms with Crippen LogP contribution in [0.4, 0.5) is 0 Å². The van der Waals surface area contributed by atoms with Gasteiger partial charge in [0.05, 0.1) is 0 Å². The minimum atomic E-state index is -3.35. The van der Waals surface area contributed by atoms with Gasteiger partial charge in [-0.15, -0.1) is 0 Å². The van der Waals surface area contributed by atoms with Crippen LogP contribution in [-0.2, 0) is 6.16 Å². The van der Waals surface area contributed by atoms with E-state index >= 15 is 0 Å². The van der Waals surface area contributed by atoms with E-state index in [0.29, 0.717) is 11.3 Å². The molecule has 0 saturated heterocycles. The molecule has 4 heteroatoms. The van der Waals surface area contributed by atoms with Crippen LogP contribution in [0.15, 0.2) is 109 Å². The summed E-state index contributed by atoms with van der Waals surface area (Å²) in [5.74, 6) is -3.35. The molecule has 0 atom stereocenters. The zero-order chi connectivity index (χ0) is 19.5. The monoisotopic (exact) mass is 423 g/mol. The van der Waals surface area contributed by atoms with Crippen molar-refractivity contribution in [3.8, 4) is 0 Å². The van der Waals surface area contributed by atoms with Gasteiger partial charge in [0.1, 0.15) is 0 Å². The summed E-state index contributed by atoms with van der Waals surface area (Å²) in [4.78, 5) is 4.59. The summed E-state index contributed by atoms with van der Waals surface area (Å²) in [5, 5.41) is 3.84. The number of nitrogens with zero attached hydrogens (tertiary/aromatic N) is 1. The third-order valence-corrected chi connectivity index (χ3v) is 12.5. The Bertz CT molecular complexity index is 970. The molecule has 0 aliphatic heterocycles. The fourth-order valence-electron chi connectivity index (χ4n) is 3.78. The van der Waals surface area contributed by atoms with Gasteiger partial charge < -0.3 is 0 Å². The zero-order valence-electron chi connectivity index (χ0n) is 15.2. The van der Waals surface area contributed by atoms with Crippen LogP contribution in [0.3, 0.4) is 0 Å². The molecule has 28 heavy (non-hydrogen) atoms. The second-order valence-electron chi connectivity index (χ2n) is 6.80. The van der Waals surface area contributed by atoms with Crippen molar-refractivity contribution >= 4 is 44.7 Å². The molecule has 0 unspecified atom stereocenters. The van der Waals surface area contributed by atoms with Gasteiger partial charge in [0, 0.05) is 0 Å². The van der Waals surface area contributed by atoms with Crippen LogP contribution in [-0.4, -0.2) is 4.98 Å². The van der Waals surface area contributed by atoms with E-state index in [4.69, 9.17) is 22.8 Å². The predicted octanol–water partition coefficient (Wildman–Crippen LogP) is 5.92. The maximum atomic E-state index is 8.01. The Morgan fingerprint density at radius 1 is 0.571 bits per heavy atom. The zero-order valence-corrected chi connectivity index (χ0v) is 17.7. The second-order valence-corrected chi connectivity index (χ2v) is 13.7. The number of rotatable bonds is 5. The van der Waals surface area contributed by atoms with Crippen molar-refractivity contribution in [2.75, 3.05) is 0 Å². The topological polar surface area (TPSA) is 12.9 Å². The van der Waals surface area contributed by atoms with Gasteiger partial charge in [-0.1, -0.05) is 0 Å². The van der Waals surface area contributed by atoms with Crippen LogP contribution in [0, 0.1) is 0 Å². The first-order valence-electron chi connectivity index (χ1n) is 9.12. The van der Waals surface area contributed by atoms with Crippen LogP contribution in [0.2, 0.25) is 5.15 Å². The molecule has 0 aliphatic rings. The Kier molecular flexibility index (Phi) is 5.25. The molecule has 1 aromatic heterocycles. The first kappa shape index (κ1) is 19.2. The number of hydrogen-bond acceptors (Lipinski definition) is 1. The van der Waals surface area contributed by atoms with Crippen LogP contribution in [0.25, 0.3) is 0 Å². The third kappa shape index (κ3) is 3.25. The molecular weight excluding hydrogens is 404 g/mol. The first-order valence-corrected chi connectivity index (χ1v) is 12.8. The number of pyridine rings is 1. The Hall–Kier alpha value is -2.18. The molecule has 0 saturated carbocycles. The summed E-state index contributed by atoms with van der Waals surface area (Å²) in [6.07, 6.45) is 0.589. The molecular formula is C24H20Cl2NP. The van der Waals surface area contributed by atoms with Crippen molar-refractivity contribution in [3.05, 3.63) is 120 Å². The van der Waals surface area contributed by atoms with Crippen LogP contribution >= 0.6 is 28.8 Å². The second kappa shape index (κ2) is 7.68. The van der Waals surface area contributed by atoms with Gasteiger partial charge in [-0.25, -0.2) is 0 Å². The molecule has 3 aromatic carbocycles. The average molecular weight is 424 g/mol. The fourth-order valence-corrected chi connectivity index (χ4v) is 9.95. The van der Waals surface area contributed by atoms with E-state index in [1.54, 1.807) is 6.07 Å². The molecule has 0 fully saturated rings. The SMILES string of the molecule is Clc1cccc(CP(Cl)(c2ccccc2)(c2ccccc2)c2ccccc2)n1. The fraction of sp³-hybridized carbons (Fsp3) is 0.0417. The van der Waals surface area contributed by atoms with Gasteiger partial charge in [0.25, 0.3) is 0 Å². The van der Waals surface area contributed by atoms with E-state index in [1.165, 1.54) is 0 Å². The number of benzene rings is 3. The summed E-state index contributed by atoms with van der Waals surface area (Å²) in [6.45, 7) is 0. The maximum absolute atomic E-state index is 8.01. The molecule has 0 amide bonds. The quantitative estimate of drug-likeness (QED) is 0.286. The van der Waals surface area contributed by atoms with Crippen molar-refractivity contribution < 1.29 is 0 Å². The molecule has 1 heterocycles. The van der Waals surface area contributed by atoms with Gasteiger partial charge in [-0.05, 0) is 0 Å². The Morgan fingerprint density at radius 2 is 1.00 bits per heavy atom. The number of hydrogen-bond donors (Lipinski definition) is 0. The van der Waals surface area contributed by atoms with Gasteiger partial charge in [-0.3, -0.25) is 0 Å². The van der Waals surface area contributed by atoms with Gasteiger partial charge >= 0.3 is 176 Å². The van der Waals surface area contributed by atoms with Crippen molar-refractivity contribution in [1.29, 1.82) is 0 Å². The van der Waals surface area contributed by atoms with Gasteiger partial charge in [0.15, 0.2) is 0 Å². The Morgan fingerprint density at radius 3 is 1.39 bits per heavy atom. The Balaban J connectivity index is 2.09. The summed E-state index contributed by atoms with van der Waals surface area (Å²) in [5.41, 5.74) is 0.886. The Labute approximate surface area is 175 Å². The molecule has 4 rings (SSSR count). The molecule has 0 radical (unpaired) electrons. The van der Waals surface area contributed by atoms with E-state index in [2.05, 4.69) is 77.8 Å². The van der Waals surface area contributed by atoms with E-state index in [9.17, 15) is 0 Å². The summed E-state index contributed by atoms with van der Waals surface area (Å²) in [6, 6.07) is 36.9. The standard InChI is InChI=1S/C24H20Cl2NP/c25-24-18-10-11-20(27-24)19-28(26,21-12-4-1-5-13-21,22-14-6-2-7-15-22)23-16-8-3-9-17-23/h1-18H,19H2. The molecule has 1 nitrogen and oxygen atoms in total. The molecule has 0 bridgehead atoms. The van der Waals surface area contributed by atoms with Crippen molar-refractivity contribution in [3.63, 3.8) is 0 Å². The van der Waals surface area contributed by atoms with Crippen LogP contribution < -0.4 is 15.9 Å². The predicted molar refractivity (Wildman–Crippen MR) is 124 cm³/mol.